The molecule has 2 aromatic carbocycles. The zero-order valence-electron chi connectivity index (χ0n) is 26.1. The van der Waals surface area contributed by atoms with Gasteiger partial charge in [0.25, 0.3) is 0 Å². The lowest BCUT2D eigenvalue weighted by atomic mass is 10.0. The van der Waals surface area contributed by atoms with E-state index in [0.29, 0.717) is 30.9 Å². The van der Waals surface area contributed by atoms with Crippen molar-refractivity contribution >= 4 is 21.8 Å². The molecule has 1 aliphatic heterocycles. The van der Waals surface area contributed by atoms with Crippen LogP contribution in [0.2, 0.25) is 0 Å². The summed E-state index contributed by atoms with van der Waals surface area (Å²) in [6.45, 7) is 4.31. The molecule has 5 rings (SSSR count). The highest BCUT2D eigenvalue weighted by Crippen LogP contribution is 2.29. The number of rotatable bonds is 6. The van der Waals surface area contributed by atoms with Gasteiger partial charge >= 0.3 is 0 Å². The number of fused-ring (bicyclic) bond motifs is 4. The lowest BCUT2D eigenvalue weighted by Gasteiger charge is -2.25. The topological polar surface area (TPSA) is 150 Å². The molecule has 2 N–H and O–H groups in total. The first-order valence-electron chi connectivity index (χ1n) is 15.2. The Morgan fingerprint density at radius 2 is 1.91 bits per heavy atom. The molecule has 0 saturated carbocycles. The number of benzene rings is 2. The van der Waals surface area contributed by atoms with Gasteiger partial charge in [0.1, 0.15) is 28.3 Å². The van der Waals surface area contributed by atoms with Gasteiger partial charge < -0.3 is 24.7 Å². The molecule has 0 aliphatic carbocycles. The van der Waals surface area contributed by atoms with Crippen molar-refractivity contribution in [2.24, 2.45) is 5.92 Å². The fourth-order valence-electron chi connectivity index (χ4n) is 5.29. The second-order valence-corrected chi connectivity index (χ2v) is 13.2. The first-order chi connectivity index (χ1) is 22.2. The number of amides is 2. The summed E-state index contributed by atoms with van der Waals surface area (Å²) < 4.78 is 44.5. The lowest BCUT2D eigenvalue weighted by Crippen LogP contribution is -2.51. The van der Waals surface area contributed by atoms with Crippen LogP contribution in [0.4, 0.5) is 0 Å². The minimum Gasteiger partial charge on any atom is -0.495 e. The minimum atomic E-state index is -4.28. The predicted octanol–water partition coefficient (Wildman–Crippen LogP) is 2.86. The van der Waals surface area contributed by atoms with Gasteiger partial charge in [-0.05, 0) is 55.2 Å². The third-order valence-corrected chi connectivity index (χ3v) is 9.36. The van der Waals surface area contributed by atoms with Gasteiger partial charge in [-0.25, -0.2) is 18.1 Å². The maximum absolute atomic E-state index is 14.2. The Bertz CT molecular complexity index is 1750. The smallest absolute Gasteiger partial charge is 0.247 e. The van der Waals surface area contributed by atoms with E-state index in [1.165, 1.54) is 17.9 Å². The van der Waals surface area contributed by atoms with Crippen molar-refractivity contribution in [3.05, 3.63) is 73.3 Å². The average molecular weight is 650 g/mol. The van der Waals surface area contributed by atoms with Crippen LogP contribution in [0.5, 0.6) is 11.5 Å². The highest BCUT2D eigenvalue weighted by molar-refractivity contribution is 7.89. The van der Waals surface area contributed by atoms with Gasteiger partial charge in [0.05, 0.1) is 25.9 Å². The Balaban J connectivity index is 1.47. The van der Waals surface area contributed by atoms with Crippen LogP contribution in [0.1, 0.15) is 26.7 Å². The Morgan fingerprint density at radius 3 is 2.67 bits per heavy atom. The summed E-state index contributed by atoms with van der Waals surface area (Å²) in [5.74, 6) is 0.587. The Kier molecular flexibility index (Phi) is 10.4. The van der Waals surface area contributed by atoms with E-state index in [1.54, 1.807) is 36.8 Å². The van der Waals surface area contributed by atoms with Crippen LogP contribution < -0.4 is 20.1 Å². The summed E-state index contributed by atoms with van der Waals surface area (Å²) in [7, 11) is -2.89. The number of hydrogen-bond acceptors (Lipinski definition) is 8. The summed E-state index contributed by atoms with van der Waals surface area (Å²) in [6, 6.07) is 13.1. The van der Waals surface area contributed by atoms with E-state index in [2.05, 4.69) is 20.7 Å². The van der Waals surface area contributed by atoms with E-state index in [1.807, 2.05) is 48.9 Å². The number of nitrogens with zero attached hydrogens (tertiary/aromatic N) is 5. The third-order valence-electron chi connectivity index (χ3n) is 7.49. The second-order valence-electron chi connectivity index (χ2n) is 11.3. The number of hydrogen-bond donors (Lipinski definition) is 2. The van der Waals surface area contributed by atoms with Gasteiger partial charge in [0.15, 0.2) is 0 Å². The Labute approximate surface area is 268 Å². The first kappa shape index (κ1) is 32.7. The van der Waals surface area contributed by atoms with Crippen molar-refractivity contribution in [1.29, 1.82) is 0 Å². The van der Waals surface area contributed by atoms with Crippen molar-refractivity contribution in [2.75, 3.05) is 33.4 Å². The highest BCUT2D eigenvalue weighted by Gasteiger charge is 2.31. The van der Waals surface area contributed by atoms with Crippen molar-refractivity contribution in [2.45, 2.75) is 44.2 Å². The first-order valence-corrected chi connectivity index (χ1v) is 16.6. The summed E-state index contributed by atoms with van der Waals surface area (Å²) in [4.78, 5) is 31.1. The van der Waals surface area contributed by atoms with E-state index in [9.17, 15) is 18.0 Å². The van der Waals surface area contributed by atoms with Gasteiger partial charge in [-0.1, -0.05) is 26.0 Å². The van der Waals surface area contributed by atoms with Crippen LogP contribution in [0.3, 0.4) is 0 Å². The number of ether oxygens (including phenoxy) is 2. The monoisotopic (exact) mass is 649 g/mol. The molecule has 0 spiro atoms. The van der Waals surface area contributed by atoms with Crippen molar-refractivity contribution in [1.82, 2.24) is 34.3 Å². The third kappa shape index (κ3) is 7.74. The molecular weight excluding hydrogens is 610 g/mol. The summed E-state index contributed by atoms with van der Waals surface area (Å²) in [5, 5.41) is 9.91. The van der Waals surface area contributed by atoms with Crippen LogP contribution >= 0.6 is 0 Å². The van der Waals surface area contributed by atoms with Gasteiger partial charge in [-0.3, -0.25) is 9.59 Å². The minimum absolute atomic E-state index is 0.0317. The molecule has 0 fully saturated rings. The number of aromatic nitrogens is 4. The number of imidazole rings is 1. The summed E-state index contributed by atoms with van der Waals surface area (Å²) in [6.07, 6.45) is 7.48. The fourth-order valence-corrected chi connectivity index (χ4v) is 6.90. The largest absolute Gasteiger partial charge is 0.495 e. The maximum atomic E-state index is 14.2. The number of nitrogens with one attached hydrogen (secondary N) is 2. The number of sulfonamides is 1. The van der Waals surface area contributed by atoms with Gasteiger partial charge in [-0.15, -0.1) is 0 Å². The summed E-state index contributed by atoms with van der Waals surface area (Å²) >= 11 is 0. The SMILES string of the molecule is COc1ccc(-n2cccn2)cc1S(=O)(=O)N1CCCOc2cccc(c2)-c2nccn2CCNC(=O)[C@@H](CC(C)C)NC(=O)C1. The molecule has 4 aromatic rings. The predicted molar refractivity (Wildman–Crippen MR) is 171 cm³/mol. The van der Waals surface area contributed by atoms with Crippen LogP contribution in [0.25, 0.3) is 17.1 Å². The zero-order chi connectivity index (χ0) is 32.7. The summed E-state index contributed by atoms with van der Waals surface area (Å²) in [5.41, 5.74) is 1.35. The standard InChI is InChI=1S/C32H39N7O6S/c1-23(2)19-27-32(41)34-13-17-37-16-12-33-31(37)24-7-4-8-26(20-24)45-18-6-14-38(22-30(40)36-27)46(42,43)29-21-25(9-10-28(29)44-3)39-15-5-11-35-39/h4-5,7-12,15-16,20-21,23,27H,6,13-14,17-19,22H2,1-3H3,(H,34,41)(H,36,40)/t27-/m1/s1. The van der Waals surface area contributed by atoms with Gasteiger partial charge in [0, 0.05) is 50.0 Å². The molecular formula is C32H39N7O6S. The molecule has 1 atom stereocenters. The Morgan fingerprint density at radius 1 is 1.07 bits per heavy atom. The Hall–Kier alpha value is -4.69. The van der Waals surface area contributed by atoms with E-state index in [-0.39, 0.29) is 42.0 Å². The molecule has 2 amide bonds. The van der Waals surface area contributed by atoms with Crippen LogP contribution in [-0.2, 0) is 26.2 Å². The van der Waals surface area contributed by atoms with Crippen molar-refractivity contribution < 1.29 is 27.5 Å². The highest BCUT2D eigenvalue weighted by atomic mass is 32.2. The molecule has 0 unspecified atom stereocenters. The molecule has 244 valence electrons. The molecule has 0 saturated heterocycles. The second kappa shape index (κ2) is 14.6. The van der Waals surface area contributed by atoms with E-state index in [0.717, 1.165) is 15.7 Å². The van der Waals surface area contributed by atoms with Gasteiger partial charge in [0.2, 0.25) is 21.8 Å². The molecule has 0 radical (unpaired) electrons. The molecule has 3 heterocycles. The molecule has 13 nitrogen and oxygen atoms in total. The van der Waals surface area contributed by atoms with Crippen LogP contribution in [0, 0.1) is 5.92 Å². The van der Waals surface area contributed by atoms with Crippen molar-refractivity contribution in [3.63, 3.8) is 0 Å². The maximum Gasteiger partial charge on any atom is 0.247 e. The van der Waals surface area contributed by atoms with Gasteiger partial charge in [-0.2, -0.15) is 9.40 Å². The molecule has 1 aliphatic rings. The van der Waals surface area contributed by atoms with E-state index in [4.69, 9.17) is 9.47 Å². The zero-order valence-corrected chi connectivity index (χ0v) is 26.9. The van der Waals surface area contributed by atoms with Crippen LogP contribution in [0.15, 0.2) is 78.2 Å². The molecule has 14 heteroatoms. The number of carbonyl (C=O) groups excluding carboxylic acids is 2. The van der Waals surface area contributed by atoms with E-state index >= 15 is 0 Å². The molecule has 46 heavy (non-hydrogen) atoms. The normalized spacial score (nSPS) is 17.3. The lowest BCUT2D eigenvalue weighted by molar-refractivity contribution is -0.129. The number of carbonyl (C=O) groups is 2. The average Bonchev–Trinajstić information content (AvgIpc) is 3.74. The molecule has 2 bridgehead atoms. The molecule has 2 aromatic heterocycles. The fraction of sp³-hybridized carbons (Fsp3) is 0.375. The number of methoxy groups -OCH3 is 1. The van der Waals surface area contributed by atoms with E-state index < -0.39 is 28.5 Å². The quantitative estimate of drug-likeness (QED) is 0.324. The van der Waals surface area contributed by atoms with Crippen LogP contribution in [-0.4, -0.2) is 83.3 Å². The van der Waals surface area contributed by atoms with Crippen molar-refractivity contribution in [3.8, 4) is 28.6 Å².